The van der Waals surface area contributed by atoms with Gasteiger partial charge in [0.15, 0.2) is 0 Å². The van der Waals surface area contributed by atoms with Crippen molar-refractivity contribution in [1.29, 1.82) is 0 Å². The molecule has 4 N–H and O–H groups in total. The Balaban J connectivity index is 1.34. The summed E-state index contributed by atoms with van der Waals surface area (Å²) >= 11 is 2.94. The van der Waals surface area contributed by atoms with Gasteiger partial charge in [0.1, 0.15) is 16.5 Å². The Bertz CT molecular complexity index is 1390. The first-order valence-electron chi connectivity index (χ1n) is 11.8. The van der Waals surface area contributed by atoms with E-state index >= 15 is 0 Å². The zero-order valence-electron chi connectivity index (χ0n) is 20.0. The number of carbonyl (C=O) groups excluding carboxylic acids is 2. The van der Waals surface area contributed by atoms with E-state index in [0.29, 0.717) is 10.8 Å². The molecule has 1 fully saturated rings. The van der Waals surface area contributed by atoms with Crippen LogP contribution in [0.2, 0.25) is 0 Å². The third-order valence-electron chi connectivity index (χ3n) is 5.87. The number of benzene rings is 1. The van der Waals surface area contributed by atoms with Crippen molar-refractivity contribution in [2.24, 2.45) is 5.92 Å². The van der Waals surface area contributed by atoms with E-state index in [1.54, 1.807) is 22.9 Å². The molecule has 1 aliphatic heterocycles. The first kappa shape index (κ1) is 24.3. The Morgan fingerprint density at radius 2 is 1.94 bits per heavy atom. The largest absolute Gasteiger partial charge is 0.382 e. The predicted octanol–water partition coefficient (Wildman–Crippen LogP) is 4.63. The van der Waals surface area contributed by atoms with Gasteiger partial charge in [0, 0.05) is 41.0 Å². The highest BCUT2D eigenvalue weighted by molar-refractivity contribution is 7.16. The third-order valence-corrected chi connectivity index (χ3v) is 7.53. The van der Waals surface area contributed by atoms with Crippen LogP contribution in [0.5, 0.6) is 0 Å². The summed E-state index contributed by atoms with van der Waals surface area (Å²) < 4.78 is 1.10. The summed E-state index contributed by atoms with van der Waals surface area (Å²) in [6.07, 6.45) is 3.21. The van der Waals surface area contributed by atoms with Crippen molar-refractivity contribution in [2.75, 3.05) is 23.7 Å². The molecule has 0 unspecified atom stereocenters. The van der Waals surface area contributed by atoms with Crippen molar-refractivity contribution in [1.82, 2.24) is 25.6 Å². The van der Waals surface area contributed by atoms with Gasteiger partial charge in [-0.3, -0.25) is 14.9 Å². The lowest BCUT2D eigenvalue weighted by molar-refractivity contribution is -0.124. The molecule has 11 heteroatoms. The molecular weight excluding hydrogens is 494 g/mol. The monoisotopic (exact) mass is 521 g/mol. The van der Waals surface area contributed by atoms with Gasteiger partial charge in [-0.2, -0.15) is 0 Å². The molecule has 4 aromatic rings. The highest BCUT2D eigenvalue weighted by Crippen LogP contribution is 2.33. The van der Waals surface area contributed by atoms with E-state index in [1.165, 1.54) is 11.3 Å². The second-order valence-electron chi connectivity index (χ2n) is 8.95. The van der Waals surface area contributed by atoms with Crippen LogP contribution < -0.4 is 21.3 Å². The number of thiazole rings is 2. The van der Waals surface area contributed by atoms with Crippen molar-refractivity contribution in [3.63, 3.8) is 0 Å². The minimum Gasteiger partial charge on any atom is -0.382 e. The topological polar surface area (TPSA) is 121 Å². The fourth-order valence-corrected chi connectivity index (χ4v) is 5.61. The van der Waals surface area contributed by atoms with Gasteiger partial charge in [0.25, 0.3) is 5.91 Å². The van der Waals surface area contributed by atoms with E-state index < -0.39 is 5.91 Å². The van der Waals surface area contributed by atoms with Crippen LogP contribution in [0.1, 0.15) is 37.2 Å². The minimum absolute atomic E-state index is 0.142. The van der Waals surface area contributed by atoms with Gasteiger partial charge < -0.3 is 16.0 Å². The molecule has 0 radical (unpaired) electrons. The quantitative estimate of drug-likeness (QED) is 0.260. The molecule has 1 aliphatic rings. The summed E-state index contributed by atoms with van der Waals surface area (Å²) in [5, 5.41) is 14.9. The molecule has 0 bridgehead atoms. The lowest BCUT2D eigenvalue weighted by Gasteiger charge is -2.21. The molecule has 3 aromatic heterocycles. The van der Waals surface area contributed by atoms with Gasteiger partial charge in [-0.25, -0.2) is 15.0 Å². The minimum atomic E-state index is -0.468. The van der Waals surface area contributed by atoms with Gasteiger partial charge in [-0.1, -0.05) is 0 Å². The number of aromatic nitrogens is 3. The summed E-state index contributed by atoms with van der Waals surface area (Å²) in [5.74, 6) is -0.153. The molecule has 9 nitrogen and oxygen atoms in total. The average Bonchev–Trinajstić information content (AvgIpc) is 3.54. The van der Waals surface area contributed by atoms with Gasteiger partial charge in [0.05, 0.1) is 21.3 Å². The molecule has 5 rings (SSSR count). The first-order chi connectivity index (χ1) is 17.5. The van der Waals surface area contributed by atoms with Crippen LogP contribution >= 0.6 is 22.7 Å². The lowest BCUT2D eigenvalue weighted by Crippen LogP contribution is -2.40. The van der Waals surface area contributed by atoms with Gasteiger partial charge in [-0.05, 0) is 58.0 Å². The molecule has 36 heavy (non-hydrogen) atoms. The maximum Gasteiger partial charge on any atom is 0.277 e. The molecule has 0 aliphatic carbocycles. The Hall–Kier alpha value is -3.41. The van der Waals surface area contributed by atoms with Crippen LogP contribution in [0.25, 0.3) is 20.8 Å². The number of piperidine rings is 1. The van der Waals surface area contributed by atoms with Crippen molar-refractivity contribution in [2.45, 2.75) is 32.7 Å². The molecule has 1 saturated heterocycles. The predicted molar refractivity (Wildman–Crippen MR) is 145 cm³/mol. The standard InChI is InChI=1S/C25H27N7O2S2/c1-14(2)29-19-10-22(30-16-3-4-18-21(9-16)36-13-28-18)27-11-17(19)25-31-20(12-35-25)24(34)32-23(33)15-5-7-26-8-6-15/h3-4,9-15,26H,5-8H2,1-2H3,(H2,27,29,30)(H,32,33,34). The molecule has 4 heterocycles. The highest BCUT2D eigenvalue weighted by atomic mass is 32.1. The van der Waals surface area contributed by atoms with Crippen molar-refractivity contribution in [3.05, 3.63) is 47.0 Å². The Morgan fingerprint density at radius 3 is 2.75 bits per heavy atom. The van der Waals surface area contributed by atoms with E-state index in [9.17, 15) is 9.59 Å². The first-order valence-corrected chi connectivity index (χ1v) is 13.6. The normalized spacial score (nSPS) is 14.2. The van der Waals surface area contributed by atoms with Crippen LogP contribution in [-0.2, 0) is 4.79 Å². The molecule has 0 atom stereocenters. The summed E-state index contributed by atoms with van der Waals surface area (Å²) in [6, 6.07) is 8.12. The number of carbonyl (C=O) groups is 2. The summed E-state index contributed by atoms with van der Waals surface area (Å²) in [6.45, 7) is 5.69. The van der Waals surface area contributed by atoms with Crippen LogP contribution in [0.4, 0.5) is 17.2 Å². The van der Waals surface area contributed by atoms with Crippen molar-refractivity contribution in [3.8, 4) is 10.6 Å². The zero-order chi connectivity index (χ0) is 25.1. The summed E-state index contributed by atoms with van der Waals surface area (Å²) in [7, 11) is 0. The number of anilines is 3. The average molecular weight is 522 g/mol. The van der Waals surface area contributed by atoms with Gasteiger partial charge >= 0.3 is 0 Å². The van der Waals surface area contributed by atoms with Crippen LogP contribution in [0.15, 0.2) is 41.4 Å². The molecule has 0 saturated carbocycles. The van der Waals surface area contributed by atoms with Crippen molar-refractivity contribution < 1.29 is 9.59 Å². The smallest absolute Gasteiger partial charge is 0.277 e. The van der Waals surface area contributed by atoms with Crippen LogP contribution in [-0.4, -0.2) is 45.9 Å². The second-order valence-corrected chi connectivity index (χ2v) is 10.7. The van der Waals surface area contributed by atoms with E-state index in [1.807, 2.05) is 23.7 Å². The number of imide groups is 1. The number of hydrogen-bond acceptors (Lipinski definition) is 10. The number of pyridine rings is 1. The van der Waals surface area contributed by atoms with Crippen LogP contribution in [0.3, 0.4) is 0 Å². The zero-order valence-corrected chi connectivity index (χ0v) is 21.6. The number of amides is 2. The fraction of sp³-hybridized carbons (Fsp3) is 0.320. The van der Waals surface area contributed by atoms with E-state index in [-0.39, 0.29) is 23.6 Å². The number of rotatable bonds is 7. The van der Waals surface area contributed by atoms with E-state index in [0.717, 1.165) is 53.1 Å². The highest BCUT2D eigenvalue weighted by Gasteiger charge is 2.24. The summed E-state index contributed by atoms with van der Waals surface area (Å²) in [5.41, 5.74) is 5.60. The van der Waals surface area contributed by atoms with E-state index in [2.05, 4.69) is 56.1 Å². The SMILES string of the molecule is CC(C)Nc1cc(Nc2ccc3ncsc3c2)ncc1-c1nc(C(=O)NC(=O)C2CCNCC2)cs1. The second kappa shape index (κ2) is 10.7. The van der Waals surface area contributed by atoms with Gasteiger partial charge in [0.2, 0.25) is 5.91 Å². The Kier molecular flexibility index (Phi) is 7.21. The Morgan fingerprint density at radius 1 is 1.11 bits per heavy atom. The molecule has 1 aromatic carbocycles. The molecule has 2 amide bonds. The Labute approximate surface area is 216 Å². The maximum atomic E-state index is 12.7. The molecule has 186 valence electrons. The third kappa shape index (κ3) is 5.53. The molecular formula is C25H27N7O2S2. The number of fused-ring (bicyclic) bond motifs is 1. The van der Waals surface area contributed by atoms with Gasteiger partial charge in [-0.15, -0.1) is 22.7 Å². The van der Waals surface area contributed by atoms with E-state index in [4.69, 9.17) is 0 Å². The number of hydrogen-bond donors (Lipinski definition) is 4. The number of nitrogens with zero attached hydrogens (tertiary/aromatic N) is 3. The lowest BCUT2D eigenvalue weighted by atomic mass is 9.97. The van der Waals surface area contributed by atoms with Crippen LogP contribution in [0, 0.1) is 5.92 Å². The number of nitrogens with one attached hydrogen (secondary N) is 4. The maximum absolute atomic E-state index is 12.7. The fourth-order valence-electron chi connectivity index (χ4n) is 4.07. The van der Waals surface area contributed by atoms with Crippen molar-refractivity contribution >= 4 is 61.9 Å². The summed E-state index contributed by atoms with van der Waals surface area (Å²) in [4.78, 5) is 38.6. The molecule has 0 spiro atoms.